The van der Waals surface area contributed by atoms with Gasteiger partial charge in [0.05, 0.1) is 30.5 Å². The van der Waals surface area contributed by atoms with E-state index in [0.29, 0.717) is 5.95 Å². The lowest BCUT2D eigenvalue weighted by Gasteiger charge is -2.06. The summed E-state index contributed by atoms with van der Waals surface area (Å²) in [5, 5.41) is 2.70. The minimum absolute atomic E-state index is 0.0367. The zero-order valence-electron chi connectivity index (χ0n) is 9.40. The van der Waals surface area contributed by atoms with Crippen molar-refractivity contribution in [3.8, 4) is 0 Å². The summed E-state index contributed by atoms with van der Waals surface area (Å²) in [5.74, 6) is 0.344. The van der Waals surface area contributed by atoms with Gasteiger partial charge in [0.1, 0.15) is 11.2 Å². The molecule has 2 aromatic rings. The summed E-state index contributed by atoms with van der Waals surface area (Å²) in [4.78, 5) is 15.0. The number of hydrogen-bond donors (Lipinski definition) is 2. The first-order valence-electron chi connectivity index (χ1n) is 4.89. The van der Waals surface area contributed by atoms with Gasteiger partial charge in [0.25, 0.3) is 10.0 Å². The summed E-state index contributed by atoms with van der Waals surface area (Å²) in [5.41, 5.74) is 0.273. The van der Waals surface area contributed by atoms with E-state index >= 15 is 0 Å². The van der Waals surface area contributed by atoms with Gasteiger partial charge in [-0.3, -0.25) is 4.72 Å². The first-order valence-corrected chi connectivity index (χ1v) is 6.38. The zero-order chi connectivity index (χ0) is 13.0. The number of hydrogen-bond acceptors (Lipinski definition) is 7. The molecule has 0 atom stereocenters. The Morgan fingerprint density at radius 3 is 2.22 bits per heavy atom. The normalized spacial score (nSPS) is 10.9. The topological polar surface area (TPSA) is 110 Å². The third-order valence-electron chi connectivity index (χ3n) is 1.97. The molecule has 0 aliphatic rings. The Bertz CT molecular complexity index is 613. The van der Waals surface area contributed by atoms with Gasteiger partial charge in [0.15, 0.2) is 0 Å². The van der Waals surface area contributed by atoms with E-state index < -0.39 is 10.0 Å². The van der Waals surface area contributed by atoms with Crippen LogP contribution in [0, 0.1) is 0 Å². The van der Waals surface area contributed by atoms with Crippen molar-refractivity contribution in [3.05, 3.63) is 31.1 Å². The lowest BCUT2D eigenvalue weighted by molar-refractivity contribution is 0.600. The maximum Gasteiger partial charge on any atom is 0.265 e. The van der Waals surface area contributed by atoms with Gasteiger partial charge >= 0.3 is 0 Å². The predicted molar refractivity (Wildman–Crippen MR) is 64.4 cm³/mol. The molecule has 0 saturated carbocycles. The highest BCUT2D eigenvalue weighted by Crippen LogP contribution is 2.12. The molecule has 2 N–H and O–H groups in total. The van der Waals surface area contributed by atoms with E-state index in [9.17, 15) is 8.42 Å². The van der Waals surface area contributed by atoms with Crippen LogP contribution in [0.4, 0.5) is 11.6 Å². The molecule has 9 heteroatoms. The van der Waals surface area contributed by atoms with Crippen molar-refractivity contribution in [1.82, 2.24) is 19.9 Å². The van der Waals surface area contributed by atoms with Gasteiger partial charge in [-0.15, -0.1) is 0 Å². The highest BCUT2D eigenvalue weighted by atomic mass is 32.2. The molecule has 0 aliphatic carbocycles. The maximum absolute atomic E-state index is 11.9. The van der Waals surface area contributed by atoms with Crippen LogP contribution in [-0.2, 0) is 10.0 Å². The SMILES string of the molecule is CNc1ncc(S(=O)(=O)Nc2cncnc2)cn1. The van der Waals surface area contributed by atoms with Crippen molar-refractivity contribution in [2.45, 2.75) is 4.90 Å². The van der Waals surface area contributed by atoms with Gasteiger partial charge in [-0.25, -0.2) is 28.4 Å². The highest BCUT2D eigenvalue weighted by Gasteiger charge is 2.15. The molecular weight excluding hydrogens is 256 g/mol. The van der Waals surface area contributed by atoms with Crippen molar-refractivity contribution in [3.63, 3.8) is 0 Å². The monoisotopic (exact) mass is 266 g/mol. The van der Waals surface area contributed by atoms with E-state index in [2.05, 4.69) is 30.0 Å². The van der Waals surface area contributed by atoms with Gasteiger partial charge in [-0.2, -0.15) is 0 Å². The van der Waals surface area contributed by atoms with Gasteiger partial charge in [0, 0.05) is 7.05 Å². The molecule has 0 amide bonds. The summed E-state index contributed by atoms with van der Waals surface area (Å²) < 4.78 is 26.2. The summed E-state index contributed by atoms with van der Waals surface area (Å²) in [6.45, 7) is 0. The van der Waals surface area contributed by atoms with E-state index in [1.54, 1.807) is 7.05 Å². The van der Waals surface area contributed by atoms with Crippen molar-refractivity contribution < 1.29 is 8.42 Å². The van der Waals surface area contributed by atoms with Crippen molar-refractivity contribution in [1.29, 1.82) is 0 Å². The van der Waals surface area contributed by atoms with Crippen molar-refractivity contribution in [2.24, 2.45) is 0 Å². The lowest BCUT2D eigenvalue weighted by atomic mass is 10.6. The first kappa shape index (κ1) is 12.2. The molecule has 2 rings (SSSR count). The second-order valence-electron chi connectivity index (χ2n) is 3.23. The predicted octanol–water partition coefficient (Wildman–Crippen LogP) is 0.109. The summed E-state index contributed by atoms with van der Waals surface area (Å²) in [6, 6.07) is 0. The van der Waals surface area contributed by atoms with E-state index in [1.165, 1.54) is 31.1 Å². The molecule has 0 spiro atoms. The Labute approximate surface area is 104 Å². The largest absolute Gasteiger partial charge is 0.357 e. The molecule has 0 fully saturated rings. The second kappa shape index (κ2) is 4.92. The average Bonchev–Trinajstić information content (AvgIpc) is 2.39. The van der Waals surface area contributed by atoms with Crippen LogP contribution < -0.4 is 10.0 Å². The van der Waals surface area contributed by atoms with Crippen molar-refractivity contribution in [2.75, 3.05) is 17.1 Å². The van der Waals surface area contributed by atoms with Crippen LogP contribution in [0.3, 0.4) is 0 Å². The maximum atomic E-state index is 11.9. The Hall–Kier alpha value is -2.29. The molecule has 0 aliphatic heterocycles. The smallest absolute Gasteiger partial charge is 0.265 e. The highest BCUT2D eigenvalue weighted by molar-refractivity contribution is 7.92. The Morgan fingerprint density at radius 1 is 1.06 bits per heavy atom. The van der Waals surface area contributed by atoms with Gasteiger partial charge in [-0.05, 0) is 0 Å². The number of anilines is 2. The Morgan fingerprint density at radius 2 is 1.67 bits per heavy atom. The molecular formula is C9H10N6O2S. The lowest BCUT2D eigenvalue weighted by Crippen LogP contribution is -2.14. The number of rotatable bonds is 4. The fraction of sp³-hybridized carbons (Fsp3) is 0.111. The van der Waals surface area contributed by atoms with Crippen LogP contribution in [0.2, 0.25) is 0 Å². The summed E-state index contributed by atoms with van der Waals surface area (Å²) >= 11 is 0. The van der Waals surface area contributed by atoms with Gasteiger partial charge in [0.2, 0.25) is 5.95 Å². The molecule has 18 heavy (non-hydrogen) atoms. The van der Waals surface area contributed by atoms with E-state index in [1.807, 2.05) is 0 Å². The van der Waals surface area contributed by atoms with Crippen LogP contribution >= 0.6 is 0 Å². The van der Waals surface area contributed by atoms with E-state index in [-0.39, 0.29) is 10.6 Å². The number of nitrogens with zero attached hydrogens (tertiary/aromatic N) is 4. The van der Waals surface area contributed by atoms with Crippen LogP contribution in [0.5, 0.6) is 0 Å². The summed E-state index contributed by atoms with van der Waals surface area (Å²) in [7, 11) is -2.08. The molecule has 8 nitrogen and oxygen atoms in total. The fourth-order valence-electron chi connectivity index (χ4n) is 1.15. The third-order valence-corrected chi connectivity index (χ3v) is 3.31. The molecule has 0 saturated heterocycles. The van der Waals surface area contributed by atoms with Gasteiger partial charge in [-0.1, -0.05) is 0 Å². The molecule has 0 bridgehead atoms. The third kappa shape index (κ3) is 2.69. The number of sulfonamides is 1. The molecule has 0 aromatic carbocycles. The molecule has 0 unspecified atom stereocenters. The van der Waals surface area contributed by atoms with Crippen molar-refractivity contribution >= 4 is 21.7 Å². The van der Waals surface area contributed by atoms with Crippen LogP contribution in [0.15, 0.2) is 36.0 Å². The molecule has 94 valence electrons. The minimum Gasteiger partial charge on any atom is -0.357 e. The standard InChI is InChI=1S/C9H10N6O2S/c1-10-9-13-4-8(5-14-9)18(16,17)15-7-2-11-6-12-3-7/h2-6,15H,1H3,(H,10,13,14). The molecule has 0 radical (unpaired) electrons. The molecule has 2 heterocycles. The van der Waals surface area contributed by atoms with Gasteiger partial charge < -0.3 is 5.32 Å². The average molecular weight is 266 g/mol. The molecule has 2 aromatic heterocycles. The fourth-order valence-corrected chi connectivity index (χ4v) is 2.07. The summed E-state index contributed by atoms with van der Waals surface area (Å²) in [6.07, 6.45) is 6.44. The number of aromatic nitrogens is 4. The Balaban J connectivity index is 2.25. The quantitative estimate of drug-likeness (QED) is 0.808. The van der Waals surface area contributed by atoms with Crippen LogP contribution in [0.1, 0.15) is 0 Å². The van der Waals surface area contributed by atoms with E-state index in [4.69, 9.17) is 0 Å². The Kier molecular flexibility index (Phi) is 3.33. The first-order chi connectivity index (χ1) is 8.62. The second-order valence-corrected chi connectivity index (χ2v) is 4.91. The van der Waals surface area contributed by atoms with E-state index in [0.717, 1.165) is 0 Å². The van der Waals surface area contributed by atoms with Crippen LogP contribution in [-0.4, -0.2) is 35.4 Å². The van der Waals surface area contributed by atoms with Crippen LogP contribution in [0.25, 0.3) is 0 Å². The minimum atomic E-state index is -3.72. The number of nitrogens with one attached hydrogen (secondary N) is 2. The zero-order valence-corrected chi connectivity index (χ0v) is 10.2.